The van der Waals surface area contributed by atoms with Crippen LogP contribution in [0.4, 0.5) is 5.69 Å². The zero-order chi connectivity index (χ0) is 14.4. The predicted molar refractivity (Wildman–Crippen MR) is 89.6 cm³/mol. The van der Waals surface area contributed by atoms with Gasteiger partial charge in [0.25, 0.3) is 0 Å². The molecule has 0 atom stereocenters. The lowest BCUT2D eigenvalue weighted by Gasteiger charge is -2.06. The minimum absolute atomic E-state index is 0.413. The van der Waals surface area contributed by atoms with Gasteiger partial charge in [0, 0.05) is 10.7 Å². The van der Waals surface area contributed by atoms with Crippen LogP contribution in [-0.4, -0.2) is 11.3 Å². The lowest BCUT2D eigenvalue weighted by molar-refractivity contribution is 1.05. The molecule has 0 bridgehead atoms. The summed E-state index contributed by atoms with van der Waals surface area (Å²) < 4.78 is 0. The first kappa shape index (κ1) is 14.5. The molecule has 0 aliphatic rings. The van der Waals surface area contributed by atoms with E-state index in [2.05, 4.69) is 15.8 Å². The van der Waals surface area contributed by atoms with E-state index in [1.165, 1.54) is 5.56 Å². The molecular formula is C15H14ClN3S. The van der Waals surface area contributed by atoms with Gasteiger partial charge in [-0.1, -0.05) is 47.5 Å². The van der Waals surface area contributed by atoms with Crippen molar-refractivity contribution < 1.29 is 0 Å². The highest BCUT2D eigenvalue weighted by Crippen LogP contribution is 2.14. The van der Waals surface area contributed by atoms with Gasteiger partial charge in [-0.2, -0.15) is 5.10 Å². The molecule has 5 heteroatoms. The third-order valence-corrected chi connectivity index (χ3v) is 2.97. The minimum Gasteiger partial charge on any atom is -0.331 e. The van der Waals surface area contributed by atoms with E-state index in [1.54, 1.807) is 18.3 Å². The molecule has 0 aliphatic carbocycles. The second kappa shape index (κ2) is 7.03. The first-order valence-corrected chi connectivity index (χ1v) is 6.84. The Morgan fingerprint density at radius 3 is 2.65 bits per heavy atom. The van der Waals surface area contributed by atoms with Gasteiger partial charge >= 0.3 is 0 Å². The average Bonchev–Trinajstić information content (AvgIpc) is 2.41. The van der Waals surface area contributed by atoms with Gasteiger partial charge in [0.1, 0.15) is 0 Å². The normalized spacial score (nSPS) is 10.5. The molecule has 0 unspecified atom stereocenters. The van der Waals surface area contributed by atoms with Crippen molar-refractivity contribution in [1.82, 2.24) is 5.43 Å². The van der Waals surface area contributed by atoms with Crippen LogP contribution in [0, 0.1) is 6.92 Å². The second-order valence-electron chi connectivity index (χ2n) is 4.25. The highest BCUT2D eigenvalue weighted by atomic mass is 35.5. The molecule has 2 aromatic rings. The molecule has 0 aromatic heterocycles. The van der Waals surface area contributed by atoms with Crippen LogP contribution in [0.2, 0.25) is 5.02 Å². The summed E-state index contributed by atoms with van der Waals surface area (Å²) in [6.07, 6.45) is 1.71. The van der Waals surface area contributed by atoms with Gasteiger partial charge in [0.2, 0.25) is 0 Å². The van der Waals surface area contributed by atoms with Gasteiger partial charge in [-0.05, 0) is 42.9 Å². The zero-order valence-corrected chi connectivity index (χ0v) is 12.5. The first-order valence-electron chi connectivity index (χ1n) is 6.06. The van der Waals surface area contributed by atoms with Crippen molar-refractivity contribution in [3.8, 4) is 0 Å². The molecule has 0 saturated carbocycles. The number of hydrogen-bond acceptors (Lipinski definition) is 2. The number of rotatable bonds is 3. The van der Waals surface area contributed by atoms with Crippen LogP contribution in [-0.2, 0) is 0 Å². The lowest BCUT2D eigenvalue weighted by atomic mass is 10.2. The van der Waals surface area contributed by atoms with E-state index >= 15 is 0 Å². The molecule has 0 saturated heterocycles. The van der Waals surface area contributed by atoms with Crippen molar-refractivity contribution >= 4 is 40.8 Å². The summed E-state index contributed by atoms with van der Waals surface area (Å²) in [4.78, 5) is 0. The fourth-order valence-corrected chi connectivity index (χ4v) is 1.90. The fraction of sp³-hybridized carbons (Fsp3) is 0.0667. The van der Waals surface area contributed by atoms with E-state index in [1.807, 2.05) is 43.3 Å². The van der Waals surface area contributed by atoms with E-state index in [0.717, 1.165) is 11.3 Å². The average molecular weight is 304 g/mol. The molecule has 2 aromatic carbocycles. The smallest absolute Gasteiger partial charge is 0.191 e. The third kappa shape index (κ3) is 4.64. The SMILES string of the molecule is Cc1ccc(/C=N/NC(=S)Nc2cccc(Cl)c2)cc1. The number of nitrogens with one attached hydrogen (secondary N) is 2. The summed E-state index contributed by atoms with van der Waals surface area (Å²) in [6, 6.07) is 15.4. The molecule has 3 nitrogen and oxygen atoms in total. The van der Waals surface area contributed by atoms with Crippen LogP contribution in [0.15, 0.2) is 53.6 Å². The van der Waals surface area contributed by atoms with E-state index in [9.17, 15) is 0 Å². The molecule has 0 aliphatic heterocycles. The van der Waals surface area contributed by atoms with Gasteiger partial charge in [-0.3, -0.25) is 5.43 Å². The summed E-state index contributed by atoms with van der Waals surface area (Å²) >= 11 is 11.0. The van der Waals surface area contributed by atoms with Gasteiger partial charge < -0.3 is 5.32 Å². The molecule has 0 spiro atoms. The third-order valence-electron chi connectivity index (χ3n) is 2.54. The molecular weight excluding hydrogens is 290 g/mol. The maximum Gasteiger partial charge on any atom is 0.191 e. The zero-order valence-electron chi connectivity index (χ0n) is 10.9. The quantitative estimate of drug-likeness (QED) is 0.512. The number of benzene rings is 2. The Morgan fingerprint density at radius 1 is 1.20 bits per heavy atom. The molecule has 0 fully saturated rings. The highest BCUT2D eigenvalue weighted by Gasteiger charge is 1.96. The van der Waals surface area contributed by atoms with E-state index in [0.29, 0.717) is 10.1 Å². The number of thiocarbonyl (C=S) groups is 1. The summed E-state index contributed by atoms with van der Waals surface area (Å²) in [7, 11) is 0. The van der Waals surface area contributed by atoms with Crippen molar-refractivity contribution in [2.24, 2.45) is 5.10 Å². The van der Waals surface area contributed by atoms with Crippen LogP contribution < -0.4 is 10.7 Å². The summed E-state index contributed by atoms with van der Waals surface area (Å²) in [5.74, 6) is 0. The Bertz CT molecular complexity index is 623. The Labute approximate surface area is 128 Å². The Hall–Kier alpha value is -1.91. The largest absolute Gasteiger partial charge is 0.331 e. The van der Waals surface area contributed by atoms with Crippen LogP contribution in [0.5, 0.6) is 0 Å². The van der Waals surface area contributed by atoms with Crippen molar-refractivity contribution in [1.29, 1.82) is 0 Å². The van der Waals surface area contributed by atoms with Crippen LogP contribution in [0.1, 0.15) is 11.1 Å². The number of hydrogen-bond donors (Lipinski definition) is 2. The van der Waals surface area contributed by atoms with Crippen LogP contribution in [0.25, 0.3) is 0 Å². The molecule has 0 radical (unpaired) electrons. The van der Waals surface area contributed by atoms with Crippen molar-refractivity contribution in [2.45, 2.75) is 6.92 Å². The summed E-state index contributed by atoms with van der Waals surface area (Å²) in [6.45, 7) is 2.04. The molecule has 20 heavy (non-hydrogen) atoms. The maximum atomic E-state index is 5.89. The number of nitrogens with zero attached hydrogens (tertiary/aromatic N) is 1. The van der Waals surface area contributed by atoms with Crippen LogP contribution >= 0.6 is 23.8 Å². The van der Waals surface area contributed by atoms with Crippen molar-refractivity contribution in [3.05, 3.63) is 64.7 Å². The topological polar surface area (TPSA) is 36.4 Å². The Kier molecular flexibility index (Phi) is 5.09. The van der Waals surface area contributed by atoms with Crippen molar-refractivity contribution in [2.75, 3.05) is 5.32 Å². The predicted octanol–water partition coefficient (Wildman–Crippen LogP) is 3.97. The summed E-state index contributed by atoms with van der Waals surface area (Å²) in [5, 5.41) is 8.14. The Morgan fingerprint density at radius 2 is 1.95 bits per heavy atom. The number of aryl methyl sites for hydroxylation is 1. The maximum absolute atomic E-state index is 5.89. The molecule has 0 amide bonds. The van der Waals surface area contributed by atoms with E-state index in [4.69, 9.17) is 23.8 Å². The fourth-order valence-electron chi connectivity index (χ4n) is 1.54. The van der Waals surface area contributed by atoms with Gasteiger partial charge in [-0.15, -0.1) is 0 Å². The van der Waals surface area contributed by atoms with Gasteiger partial charge in [0.05, 0.1) is 6.21 Å². The lowest BCUT2D eigenvalue weighted by Crippen LogP contribution is -2.23. The number of anilines is 1. The number of hydrazone groups is 1. The Balaban J connectivity index is 1.87. The van der Waals surface area contributed by atoms with E-state index in [-0.39, 0.29) is 0 Å². The second-order valence-corrected chi connectivity index (χ2v) is 5.09. The van der Waals surface area contributed by atoms with Crippen LogP contribution in [0.3, 0.4) is 0 Å². The molecule has 2 rings (SSSR count). The molecule has 102 valence electrons. The number of halogens is 1. The molecule has 2 N–H and O–H groups in total. The standard InChI is InChI=1S/C15H14ClN3S/c1-11-5-7-12(8-6-11)10-17-19-15(20)18-14-4-2-3-13(16)9-14/h2-10H,1H3,(H2,18,19,20)/b17-10+. The monoisotopic (exact) mass is 303 g/mol. The van der Waals surface area contributed by atoms with Gasteiger partial charge in [0.15, 0.2) is 5.11 Å². The van der Waals surface area contributed by atoms with Gasteiger partial charge in [-0.25, -0.2) is 0 Å². The molecule has 0 heterocycles. The van der Waals surface area contributed by atoms with Crippen molar-refractivity contribution in [3.63, 3.8) is 0 Å². The first-order chi connectivity index (χ1) is 9.63. The summed E-state index contributed by atoms with van der Waals surface area (Å²) in [5.41, 5.74) is 5.80. The van der Waals surface area contributed by atoms with E-state index < -0.39 is 0 Å². The minimum atomic E-state index is 0.413. The highest BCUT2D eigenvalue weighted by molar-refractivity contribution is 7.80.